The molecule has 77 heavy (non-hydrogen) atoms. The molecule has 0 unspecified atom stereocenters. The third-order valence-electron chi connectivity index (χ3n) is 12.4. The maximum Gasteiger partial charge on any atom is 0.278 e. The lowest BCUT2D eigenvalue weighted by molar-refractivity contribution is -0.386. The highest BCUT2D eigenvalue weighted by atomic mass is 32.2. The molecule has 0 aliphatic carbocycles. The van der Waals surface area contributed by atoms with Gasteiger partial charge >= 0.3 is 0 Å². The van der Waals surface area contributed by atoms with E-state index in [4.69, 9.17) is 9.05 Å². The molecule has 10 rings (SSSR count). The summed E-state index contributed by atoms with van der Waals surface area (Å²) in [5.74, 6) is 0.414. The first kappa shape index (κ1) is 54.2. The lowest BCUT2D eigenvalue weighted by Gasteiger charge is -2.07. The van der Waals surface area contributed by atoms with Crippen LogP contribution in [0.2, 0.25) is 0 Å². The number of rotatable bonds is 15. The van der Waals surface area contributed by atoms with Crippen LogP contribution in [0.5, 0.6) is 0 Å². The summed E-state index contributed by atoms with van der Waals surface area (Å²) >= 11 is 0. The molecule has 0 aliphatic rings. The number of aryl methyl sites for hydroxylation is 2. The number of aromatic nitrogens is 10. The van der Waals surface area contributed by atoms with Gasteiger partial charge in [0.2, 0.25) is 20.0 Å². The van der Waals surface area contributed by atoms with E-state index in [1.54, 1.807) is 69.0 Å². The average Bonchev–Trinajstić information content (AvgIpc) is 4.30. The van der Waals surface area contributed by atoms with Crippen molar-refractivity contribution in [2.75, 3.05) is 14.1 Å². The lowest BCUT2D eigenvalue weighted by Crippen LogP contribution is -3.00. The van der Waals surface area contributed by atoms with Crippen LogP contribution in [0, 0.1) is 43.6 Å². The predicted octanol–water partition coefficient (Wildman–Crippen LogP) is 5.52. The van der Waals surface area contributed by atoms with Crippen LogP contribution < -0.4 is 14.1 Å². The molecule has 0 saturated carbocycles. The van der Waals surface area contributed by atoms with Gasteiger partial charge in [-0.05, 0) is 77.2 Å². The SMILES string of the molecule is CNS(=O)(=O)c1ccc(-c2c(-c3ccccc3)noc2-c2cn(Cc3ncc(C)c([18F])c3C)nn2)cc1.CNS(=O)(=O)c1ccc(-c2c(-c3ccccc3)noc2-c2cn(Cc3ncc(C)c([N+](=O)[O-])c3C)nn2)cc1.[18F-]. The second kappa shape index (κ2) is 22.4. The third kappa shape index (κ3) is 11.2. The normalized spacial score (nSPS) is 11.5. The summed E-state index contributed by atoms with van der Waals surface area (Å²) in [6.07, 6.45) is 6.29. The number of nitro groups is 1. The topological polar surface area (TPSA) is 275 Å². The predicted molar refractivity (Wildman–Crippen MR) is 278 cm³/mol. The molecule has 6 heterocycles. The maximum atomic E-state index is 14.3. The van der Waals surface area contributed by atoms with E-state index >= 15 is 0 Å². The first-order valence-corrected chi connectivity index (χ1v) is 26.1. The van der Waals surface area contributed by atoms with Gasteiger partial charge in [0.15, 0.2) is 22.9 Å². The smallest absolute Gasteiger partial charge is 0.278 e. The van der Waals surface area contributed by atoms with Crippen LogP contribution in [0.25, 0.3) is 67.7 Å². The average molecular weight is 1080 g/mol. The van der Waals surface area contributed by atoms with Crippen LogP contribution in [0.3, 0.4) is 0 Å². The van der Waals surface area contributed by atoms with Crippen molar-refractivity contribution in [1.29, 1.82) is 0 Å². The number of pyridine rings is 2. The zero-order chi connectivity index (χ0) is 53.9. The molecule has 0 bridgehead atoms. The van der Waals surface area contributed by atoms with Crippen molar-refractivity contribution in [3.8, 4) is 67.7 Å². The van der Waals surface area contributed by atoms with E-state index in [9.17, 15) is 31.3 Å². The van der Waals surface area contributed by atoms with E-state index in [0.29, 0.717) is 90.2 Å². The van der Waals surface area contributed by atoms with E-state index < -0.39 is 25.0 Å². The largest absolute Gasteiger partial charge is 1.00 e. The van der Waals surface area contributed by atoms with Crippen molar-refractivity contribution in [1.82, 2.24) is 59.7 Å². The maximum absolute atomic E-state index is 14.3. The van der Waals surface area contributed by atoms with Gasteiger partial charge in [-0.2, -0.15) is 0 Å². The second-order valence-electron chi connectivity index (χ2n) is 17.2. The van der Waals surface area contributed by atoms with Crippen LogP contribution in [0.4, 0.5) is 10.1 Å². The van der Waals surface area contributed by atoms with Crippen LogP contribution in [0.1, 0.15) is 33.6 Å². The van der Waals surface area contributed by atoms with Crippen LogP contribution in [-0.2, 0) is 33.1 Å². The number of halogens is 2. The minimum Gasteiger partial charge on any atom is -1.00 e. The van der Waals surface area contributed by atoms with E-state index in [0.717, 1.165) is 11.1 Å². The van der Waals surface area contributed by atoms with Crippen molar-refractivity contribution >= 4 is 25.7 Å². The van der Waals surface area contributed by atoms with E-state index in [-0.39, 0.29) is 39.1 Å². The molecule has 0 aliphatic heterocycles. The van der Waals surface area contributed by atoms with E-state index in [1.807, 2.05) is 60.7 Å². The molecule has 6 aromatic heterocycles. The Labute approximate surface area is 439 Å². The molecule has 394 valence electrons. The number of hydrogen-bond acceptors (Lipinski definition) is 16. The van der Waals surface area contributed by atoms with Crippen molar-refractivity contribution < 1.29 is 39.9 Å². The molecule has 4 aromatic carbocycles. The fourth-order valence-electron chi connectivity index (χ4n) is 8.27. The Kier molecular flexibility index (Phi) is 15.8. The van der Waals surface area contributed by atoms with Gasteiger partial charge in [-0.3, -0.25) is 20.1 Å². The minimum atomic E-state index is -3.61. The van der Waals surface area contributed by atoms with Gasteiger partial charge in [-0.25, -0.2) is 40.0 Å². The van der Waals surface area contributed by atoms with Crippen LogP contribution in [0.15, 0.2) is 153 Å². The molecule has 25 heteroatoms. The first-order valence-electron chi connectivity index (χ1n) is 23.2. The van der Waals surface area contributed by atoms with Crippen molar-refractivity contribution in [3.63, 3.8) is 0 Å². The second-order valence-corrected chi connectivity index (χ2v) is 21.0. The number of nitrogens with one attached hydrogen (secondary N) is 2. The fourth-order valence-corrected chi connectivity index (χ4v) is 9.73. The zero-order valence-corrected chi connectivity index (χ0v) is 43.5. The molecule has 0 radical (unpaired) electrons. The summed E-state index contributed by atoms with van der Waals surface area (Å²) in [6, 6.07) is 31.7. The van der Waals surface area contributed by atoms with Gasteiger partial charge < -0.3 is 13.8 Å². The molecule has 21 nitrogen and oxygen atoms in total. The van der Waals surface area contributed by atoms with E-state index in [1.165, 1.54) is 55.4 Å². The Bertz CT molecular complexity index is 3980. The van der Waals surface area contributed by atoms with Crippen LogP contribution in [-0.4, -0.2) is 86.1 Å². The quantitative estimate of drug-likeness (QED) is 0.0944. The lowest BCUT2D eigenvalue weighted by atomic mass is 9.98. The molecule has 0 saturated heterocycles. The number of nitrogens with zero attached hydrogens (tertiary/aromatic N) is 11. The Balaban J connectivity index is 0.000000201. The van der Waals surface area contributed by atoms with Gasteiger partial charge in [-0.1, -0.05) is 106 Å². The monoisotopic (exact) mass is 1080 g/mol. The van der Waals surface area contributed by atoms with E-state index in [2.05, 4.69) is 50.3 Å². The van der Waals surface area contributed by atoms with Crippen molar-refractivity contribution in [2.24, 2.45) is 0 Å². The number of benzene rings is 4. The number of sulfonamides is 2. The zero-order valence-electron chi connectivity index (χ0n) is 41.9. The molecular weight excluding hydrogens is 1030 g/mol. The molecule has 0 spiro atoms. The van der Waals surface area contributed by atoms with Crippen LogP contribution >= 0.6 is 0 Å². The minimum absolute atomic E-state index is 0. The Morgan fingerprint density at radius 2 is 0.987 bits per heavy atom. The Morgan fingerprint density at radius 3 is 1.39 bits per heavy atom. The van der Waals surface area contributed by atoms with Crippen molar-refractivity contribution in [2.45, 2.75) is 50.6 Å². The number of hydrogen-bond donors (Lipinski definition) is 2. The Hall–Kier alpha value is -9.04. The summed E-state index contributed by atoms with van der Waals surface area (Å²) in [4.78, 5) is 20.0. The standard InChI is InChI=1S/C26H23FN6O3S.C26H23N7O5S.FH/c1-16-13-29-21(17(2)24(16)27)14-33-15-22(30-32-33)26-23(25(31-36-26)19-7-5-4-6-8-19)18-9-11-20(12-10-18)37(34,35)28-3;1-16-13-28-21(17(2)25(16)33(34)35)14-32-15-22(29-31-32)26-23(24(30-38-26)19-7-5-4-6-8-19)18-9-11-20(12-10-18)39(36,37)27-3;/h4-13,15,28H,14H2,1-3H3;4-13,15,27H,14H2,1-3H3;1H/p-1/i27-1;;1-1. The molecule has 2 N–H and O–H groups in total. The summed E-state index contributed by atoms with van der Waals surface area (Å²) in [6.45, 7) is 7.04. The van der Waals surface area contributed by atoms with Gasteiger partial charge in [0.1, 0.15) is 17.2 Å². The Morgan fingerprint density at radius 1 is 0.584 bits per heavy atom. The molecular formula is C52H46F2N13O8S2-. The van der Waals surface area contributed by atoms with Crippen molar-refractivity contribution in [3.05, 3.63) is 184 Å². The van der Waals surface area contributed by atoms with Gasteiger partial charge in [-0.15, -0.1) is 10.2 Å². The highest BCUT2D eigenvalue weighted by molar-refractivity contribution is 7.89. The summed E-state index contributed by atoms with van der Waals surface area (Å²) in [5, 5.41) is 37.0. The fraction of sp³-hybridized carbons (Fsp3) is 0.154. The van der Waals surface area contributed by atoms with Gasteiger partial charge in [0, 0.05) is 40.2 Å². The summed E-state index contributed by atoms with van der Waals surface area (Å²) < 4.78 is 82.4. The van der Waals surface area contributed by atoms with Gasteiger partial charge in [0.25, 0.3) is 5.69 Å². The molecule has 10 aromatic rings. The highest BCUT2D eigenvalue weighted by Gasteiger charge is 2.27. The van der Waals surface area contributed by atoms with Gasteiger partial charge in [0.05, 0.1) is 68.3 Å². The first-order chi connectivity index (χ1) is 36.5. The molecule has 0 amide bonds. The highest BCUT2D eigenvalue weighted by Crippen LogP contribution is 2.41. The molecule has 0 fully saturated rings. The summed E-state index contributed by atoms with van der Waals surface area (Å²) in [5.41, 5.74) is 9.10. The molecule has 0 atom stereocenters. The third-order valence-corrected chi connectivity index (χ3v) is 15.2. The summed E-state index contributed by atoms with van der Waals surface area (Å²) in [7, 11) is -4.49.